The number of carboxylic acid groups (broad SMARTS) is 1. The number of carbonyl (C=O) groups is 1. The number of β-amino-alcohol motifs (C(OH)–C–C–N with tert-alkyl or cyclic N) is 1. The Labute approximate surface area is 84.5 Å². The van der Waals surface area contributed by atoms with Crippen LogP contribution in [0.15, 0.2) is 0 Å². The van der Waals surface area contributed by atoms with Gasteiger partial charge < -0.3 is 10.2 Å². The summed E-state index contributed by atoms with van der Waals surface area (Å²) in [6.07, 6.45) is 1.19. The molecule has 1 rings (SSSR count). The van der Waals surface area contributed by atoms with Gasteiger partial charge in [0.25, 0.3) is 0 Å². The predicted octanol–water partition coefficient (Wildman–Crippen LogP) is 0.552. The lowest BCUT2D eigenvalue weighted by molar-refractivity contribution is -0.143. The van der Waals surface area contributed by atoms with Crippen molar-refractivity contribution in [1.82, 2.24) is 4.90 Å². The zero-order chi connectivity index (χ0) is 10.7. The third kappa shape index (κ3) is 2.45. The molecule has 0 aromatic heterocycles. The Morgan fingerprint density at radius 1 is 1.64 bits per heavy atom. The highest BCUT2D eigenvalue weighted by Gasteiger charge is 2.36. The largest absolute Gasteiger partial charge is 0.480 e. The highest BCUT2D eigenvalue weighted by atomic mass is 16.4. The van der Waals surface area contributed by atoms with Crippen LogP contribution in [0.25, 0.3) is 0 Å². The molecule has 0 bridgehead atoms. The zero-order valence-electron chi connectivity index (χ0n) is 8.81. The molecule has 0 radical (unpaired) electrons. The van der Waals surface area contributed by atoms with E-state index in [-0.39, 0.29) is 5.92 Å². The second-order valence-electron chi connectivity index (χ2n) is 4.11. The van der Waals surface area contributed by atoms with Crippen LogP contribution in [-0.2, 0) is 4.79 Å². The molecule has 1 fully saturated rings. The van der Waals surface area contributed by atoms with Gasteiger partial charge in [-0.2, -0.15) is 0 Å². The molecule has 0 amide bonds. The molecule has 0 aliphatic carbocycles. The summed E-state index contributed by atoms with van der Waals surface area (Å²) in [5.74, 6) is -0.574. The fraction of sp³-hybridized carbons (Fsp3) is 0.900. The lowest BCUT2D eigenvalue weighted by atomic mass is 10.0. The van der Waals surface area contributed by atoms with Crippen molar-refractivity contribution >= 4 is 5.97 Å². The van der Waals surface area contributed by atoms with Gasteiger partial charge in [0.15, 0.2) is 0 Å². The van der Waals surface area contributed by atoms with Crippen molar-refractivity contribution < 1.29 is 15.0 Å². The van der Waals surface area contributed by atoms with Crippen LogP contribution in [0.1, 0.15) is 26.7 Å². The third-order valence-electron chi connectivity index (χ3n) is 2.97. The summed E-state index contributed by atoms with van der Waals surface area (Å²) in [5, 5.41) is 18.5. The van der Waals surface area contributed by atoms with Gasteiger partial charge >= 0.3 is 5.97 Å². The third-order valence-corrected chi connectivity index (χ3v) is 2.97. The molecule has 3 unspecified atom stereocenters. The molecule has 1 aliphatic rings. The van der Waals surface area contributed by atoms with Gasteiger partial charge in [-0.1, -0.05) is 13.8 Å². The van der Waals surface area contributed by atoms with Crippen LogP contribution in [0.2, 0.25) is 0 Å². The van der Waals surface area contributed by atoms with Crippen molar-refractivity contribution in [3.63, 3.8) is 0 Å². The fourth-order valence-electron chi connectivity index (χ4n) is 2.03. The quantitative estimate of drug-likeness (QED) is 0.697. The lowest BCUT2D eigenvalue weighted by Crippen LogP contribution is -2.42. The van der Waals surface area contributed by atoms with E-state index < -0.39 is 18.1 Å². The maximum atomic E-state index is 11.0. The maximum absolute atomic E-state index is 11.0. The van der Waals surface area contributed by atoms with E-state index in [0.717, 1.165) is 13.0 Å². The van der Waals surface area contributed by atoms with Crippen LogP contribution in [0.5, 0.6) is 0 Å². The van der Waals surface area contributed by atoms with Crippen LogP contribution in [0.3, 0.4) is 0 Å². The van der Waals surface area contributed by atoms with E-state index in [4.69, 9.17) is 5.11 Å². The highest BCUT2D eigenvalue weighted by molar-refractivity contribution is 5.74. The minimum atomic E-state index is -0.765. The molecule has 0 aromatic carbocycles. The van der Waals surface area contributed by atoms with Crippen molar-refractivity contribution in [1.29, 1.82) is 0 Å². The molecule has 1 aliphatic heterocycles. The van der Waals surface area contributed by atoms with Gasteiger partial charge in [-0.15, -0.1) is 0 Å². The predicted molar refractivity (Wildman–Crippen MR) is 53.1 cm³/mol. The molecule has 0 spiro atoms. The number of hydrogen-bond donors (Lipinski definition) is 2. The van der Waals surface area contributed by atoms with Crippen molar-refractivity contribution in [2.45, 2.75) is 38.8 Å². The Bertz CT molecular complexity index is 208. The Morgan fingerprint density at radius 2 is 2.29 bits per heavy atom. The summed E-state index contributed by atoms with van der Waals surface area (Å²) in [5.41, 5.74) is 0. The van der Waals surface area contributed by atoms with E-state index in [0.29, 0.717) is 13.0 Å². The monoisotopic (exact) mass is 201 g/mol. The van der Waals surface area contributed by atoms with E-state index in [1.165, 1.54) is 0 Å². The van der Waals surface area contributed by atoms with Gasteiger partial charge in [-0.3, -0.25) is 9.69 Å². The van der Waals surface area contributed by atoms with Crippen molar-refractivity contribution in [2.75, 3.05) is 13.1 Å². The van der Waals surface area contributed by atoms with Crippen LogP contribution >= 0.6 is 0 Å². The fourth-order valence-corrected chi connectivity index (χ4v) is 2.03. The summed E-state index contributed by atoms with van der Waals surface area (Å²) in [4.78, 5) is 12.8. The van der Waals surface area contributed by atoms with Gasteiger partial charge in [0.1, 0.15) is 6.04 Å². The normalized spacial score (nSPS) is 30.5. The number of rotatable bonds is 4. The topological polar surface area (TPSA) is 60.8 Å². The first kappa shape index (κ1) is 11.5. The first-order valence-electron chi connectivity index (χ1n) is 5.21. The first-order chi connectivity index (χ1) is 6.56. The second-order valence-corrected chi connectivity index (χ2v) is 4.11. The van der Waals surface area contributed by atoms with E-state index in [2.05, 4.69) is 0 Å². The number of carboxylic acids is 1. The molecular formula is C10H19NO3. The van der Waals surface area contributed by atoms with E-state index >= 15 is 0 Å². The Morgan fingerprint density at radius 3 is 2.79 bits per heavy atom. The minimum absolute atomic E-state index is 0.191. The van der Waals surface area contributed by atoms with E-state index in [9.17, 15) is 9.90 Å². The van der Waals surface area contributed by atoms with E-state index in [1.54, 1.807) is 0 Å². The van der Waals surface area contributed by atoms with Crippen molar-refractivity contribution in [3.8, 4) is 0 Å². The highest BCUT2D eigenvalue weighted by Crippen LogP contribution is 2.24. The minimum Gasteiger partial charge on any atom is -0.480 e. The summed E-state index contributed by atoms with van der Waals surface area (Å²) >= 11 is 0. The number of nitrogens with zero attached hydrogens (tertiary/aromatic N) is 1. The van der Waals surface area contributed by atoms with Crippen molar-refractivity contribution in [2.24, 2.45) is 5.92 Å². The molecule has 1 heterocycles. The summed E-state index contributed by atoms with van der Waals surface area (Å²) in [7, 11) is 0. The molecular weight excluding hydrogens is 182 g/mol. The van der Waals surface area contributed by atoms with Gasteiger partial charge in [0.05, 0.1) is 6.10 Å². The first-order valence-corrected chi connectivity index (χ1v) is 5.21. The van der Waals surface area contributed by atoms with Crippen LogP contribution in [0, 0.1) is 5.92 Å². The number of aliphatic hydroxyl groups excluding tert-OH is 1. The molecule has 4 heteroatoms. The van der Waals surface area contributed by atoms with E-state index in [1.807, 2.05) is 18.7 Å². The number of likely N-dealkylation sites (tertiary alicyclic amines) is 1. The van der Waals surface area contributed by atoms with Crippen LogP contribution in [0.4, 0.5) is 0 Å². The molecule has 14 heavy (non-hydrogen) atoms. The molecule has 82 valence electrons. The average Bonchev–Trinajstić information content (AvgIpc) is 2.46. The van der Waals surface area contributed by atoms with Gasteiger partial charge in [0.2, 0.25) is 0 Å². The van der Waals surface area contributed by atoms with Gasteiger partial charge in [-0.25, -0.2) is 0 Å². The molecule has 1 saturated heterocycles. The number of aliphatic carboxylic acids is 1. The average molecular weight is 201 g/mol. The Kier molecular flexibility index (Phi) is 3.89. The van der Waals surface area contributed by atoms with Gasteiger partial charge in [-0.05, 0) is 25.3 Å². The SMILES string of the molecule is CCC(O)CN1CCC(C)C1C(=O)O. The lowest BCUT2D eigenvalue weighted by Gasteiger charge is -2.24. The maximum Gasteiger partial charge on any atom is 0.321 e. The Balaban J connectivity index is 2.56. The Hall–Kier alpha value is -0.610. The van der Waals surface area contributed by atoms with Crippen LogP contribution < -0.4 is 0 Å². The molecule has 3 atom stereocenters. The molecule has 2 N–H and O–H groups in total. The molecule has 4 nitrogen and oxygen atoms in total. The standard InChI is InChI=1S/C10H19NO3/c1-3-8(12)6-11-5-4-7(2)9(11)10(13)14/h7-9,12H,3-6H2,1-2H3,(H,13,14). The smallest absolute Gasteiger partial charge is 0.321 e. The summed E-state index contributed by atoms with van der Waals surface area (Å²) in [6.45, 7) is 5.13. The van der Waals surface area contributed by atoms with Crippen molar-refractivity contribution in [3.05, 3.63) is 0 Å². The summed E-state index contributed by atoms with van der Waals surface area (Å²) in [6, 6.07) is -0.406. The second kappa shape index (κ2) is 4.75. The molecule has 0 saturated carbocycles. The zero-order valence-corrected chi connectivity index (χ0v) is 8.81. The number of hydrogen-bond acceptors (Lipinski definition) is 3. The number of aliphatic hydroxyl groups is 1. The van der Waals surface area contributed by atoms with Gasteiger partial charge in [0, 0.05) is 6.54 Å². The summed E-state index contributed by atoms with van der Waals surface area (Å²) < 4.78 is 0. The molecule has 0 aromatic rings. The van der Waals surface area contributed by atoms with Crippen LogP contribution in [-0.4, -0.2) is 46.3 Å².